The number of nitrogens with one attached hydrogen (secondary N) is 2. The van der Waals surface area contributed by atoms with E-state index in [0.717, 1.165) is 49.8 Å². The maximum Gasteiger partial charge on any atom is 0.224 e. The predicted octanol–water partition coefficient (Wildman–Crippen LogP) is 8.59. The molecular weight excluding hydrogens is 699 g/mol. The van der Waals surface area contributed by atoms with Gasteiger partial charge in [0.2, 0.25) is 11.8 Å². The van der Waals surface area contributed by atoms with Gasteiger partial charge in [0.1, 0.15) is 5.75 Å². The molecule has 0 radical (unpaired) electrons. The van der Waals surface area contributed by atoms with Crippen LogP contribution in [0.5, 0.6) is 5.75 Å². The number of rotatable bonds is 16. The number of hydrogen-bond donors (Lipinski definition) is 4. The topological polar surface area (TPSA) is 132 Å². The van der Waals surface area contributed by atoms with Crippen molar-refractivity contribution in [1.29, 1.82) is 0 Å². The highest BCUT2D eigenvalue weighted by atomic mass is 32.2. The van der Waals surface area contributed by atoms with Crippen molar-refractivity contribution >= 4 is 35.0 Å². The van der Waals surface area contributed by atoms with Crippen molar-refractivity contribution in [3.63, 3.8) is 0 Å². The van der Waals surface area contributed by atoms with E-state index in [2.05, 4.69) is 41.0 Å². The van der Waals surface area contributed by atoms with Gasteiger partial charge in [-0.15, -0.1) is 11.8 Å². The molecule has 9 nitrogen and oxygen atoms in total. The van der Waals surface area contributed by atoms with Gasteiger partial charge < -0.3 is 35.7 Å². The highest BCUT2D eigenvalue weighted by Crippen LogP contribution is 2.41. The molecule has 0 saturated carbocycles. The van der Waals surface area contributed by atoms with Crippen LogP contribution in [-0.2, 0) is 32.2 Å². The van der Waals surface area contributed by atoms with Gasteiger partial charge in [-0.2, -0.15) is 0 Å². The first-order valence-corrected chi connectivity index (χ1v) is 19.2. The number of aliphatic hydroxyl groups is 1. The first kappa shape index (κ1) is 38.6. The van der Waals surface area contributed by atoms with Gasteiger partial charge in [0.05, 0.1) is 37.3 Å². The minimum absolute atomic E-state index is 0.00479. The number of para-hydroxylation sites is 3. The summed E-state index contributed by atoms with van der Waals surface area (Å²) in [6.07, 6.45) is 1.78. The van der Waals surface area contributed by atoms with E-state index in [0.29, 0.717) is 50.0 Å². The molecule has 280 valence electrons. The summed E-state index contributed by atoms with van der Waals surface area (Å²) < 4.78 is 18.7. The Bertz CT molecular complexity index is 1990. The van der Waals surface area contributed by atoms with Gasteiger partial charge in [-0.1, -0.05) is 91.0 Å². The molecule has 2 amide bonds. The third-order valence-electron chi connectivity index (χ3n) is 9.33. The normalized spacial score (nSPS) is 16.7. The van der Waals surface area contributed by atoms with E-state index in [1.165, 1.54) is 0 Å². The van der Waals surface area contributed by atoms with E-state index >= 15 is 0 Å². The van der Waals surface area contributed by atoms with Crippen LogP contribution in [0.4, 0.5) is 11.4 Å². The molecular formula is C44H47N3O6S. The van der Waals surface area contributed by atoms with Crippen LogP contribution in [0, 0.1) is 0 Å². The first-order valence-electron chi connectivity index (χ1n) is 18.2. The Morgan fingerprint density at radius 3 is 2.28 bits per heavy atom. The monoisotopic (exact) mass is 745 g/mol. The standard InChI is InChI=1S/C44H47N3O6S/c1-51-39-13-4-5-14-41(39)54-29-36-26-40(33-19-17-30(28-48)18-20-33)53-44(52-36)34-23-21-32(22-24-34)35-10-8-9-31(25-35)27-46-42(49)15-6-7-16-43(50)47-38-12-3-2-11-37(38)45/h2-5,8-14,17-25,36,40,44,48H,6-7,15-16,26-29,45H2,1H3,(H,46,49)(H,47,50)/t36-,40+,44+/m1/s1. The summed E-state index contributed by atoms with van der Waals surface area (Å²) in [5, 5.41) is 15.4. The number of amides is 2. The van der Waals surface area contributed by atoms with Gasteiger partial charge in [-0.05, 0) is 71.0 Å². The summed E-state index contributed by atoms with van der Waals surface area (Å²) in [4.78, 5) is 25.9. The van der Waals surface area contributed by atoms with Crippen LogP contribution in [0.2, 0.25) is 0 Å². The zero-order chi connectivity index (χ0) is 37.7. The van der Waals surface area contributed by atoms with E-state index in [1.807, 2.05) is 78.9 Å². The summed E-state index contributed by atoms with van der Waals surface area (Å²) in [7, 11) is 1.68. The zero-order valence-corrected chi connectivity index (χ0v) is 31.2. The SMILES string of the molecule is COc1ccccc1SC[C@H]1C[C@@H](c2ccc(CO)cc2)O[C@@H](c2ccc(-c3cccc(CNC(=O)CCCCC(=O)Nc4ccccc4N)c3)cc2)O1. The first-order chi connectivity index (χ1) is 26.4. The Labute approximate surface area is 321 Å². The minimum Gasteiger partial charge on any atom is -0.496 e. The molecule has 54 heavy (non-hydrogen) atoms. The molecule has 5 N–H and O–H groups in total. The molecule has 3 atom stereocenters. The van der Waals surface area contributed by atoms with Crippen molar-refractivity contribution in [2.45, 2.75) is 68.6 Å². The second-order valence-electron chi connectivity index (χ2n) is 13.3. The summed E-state index contributed by atoms with van der Waals surface area (Å²) >= 11 is 1.71. The number of thioether (sulfide) groups is 1. The number of unbranched alkanes of at least 4 members (excludes halogenated alkanes) is 1. The number of methoxy groups -OCH3 is 1. The molecule has 0 bridgehead atoms. The lowest BCUT2D eigenvalue weighted by Gasteiger charge is -2.36. The molecule has 1 heterocycles. The van der Waals surface area contributed by atoms with Crippen LogP contribution >= 0.6 is 11.8 Å². The number of carbonyl (C=O) groups excluding carboxylic acids is 2. The molecule has 1 aliphatic rings. The highest BCUT2D eigenvalue weighted by molar-refractivity contribution is 7.99. The second-order valence-corrected chi connectivity index (χ2v) is 14.3. The molecule has 0 aliphatic carbocycles. The number of nitrogens with two attached hydrogens (primary N) is 1. The molecule has 1 fully saturated rings. The molecule has 1 aliphatic heterocycles. The lowest BCUT2D eigenvalue weighted by atomic mass is 9.99. The van der Waals surface area contributed by atoms with Crippen molar-refractivity contribution in [3.05, 3.63) is 144 Å². The zero-order valence-electron chi connectivity index (χ0n) is 30.4. The van der Waals surface area contributed by atoms with Gasteiger partial charge in [0, 0.05) is 42.0 Å². The maximum atomic E-state index is 12.6. The van der Waals surface area contributed by atoms with Gasteiger partial charge >= 0.3 is 0 Å². The lowest BCUT2D eigenvalue weighted by molar-refractivity contribution is -0.245. The number of ether oxygens (including phenoxy) is 3. The fourth-order valence-electron chi connectivity index (χ4n) is 6.32. The number of anilines is 2. The number of carbonyl (C=O) groups is 2. The van der Waals surface area contributed by atoms with Crippen molar-refractivity contribution in [1.82, 2.24) is 5.32 Å². The average Bonchev–Trinajstić information content (AvgIpc) is 3.22. The van der Waals surface area contributed by atoms with Gasteiger partial charge in [0.15, 0.2) is 6.29 Å². The van der Waals surface area contributed by atoms with Crippen molar-refractivity contribution < 1.29 is 28.9 Å². The Balaban J connectivity index is 1.03. The third-order valence-corrected chi connectivity index (χ3v) is 10.5. The number of nitrogen functional groups attached to an aromatic ring is 1. The molecule has 6 rings (SSSR count). The van der Waals surface area contributed by atoms with E-state index in [-0.39, 0.29) is 30.6 Å². The molecule has 1 saturated heterocycles. The predicted molar refractivity (Wildman–Crippen MR) is 214 cm³/mol. The Morgan fingerprint density at radius 2 is 1.52 bits per heavy atom. The molecule has 0 unspecified atom stereocenters. The largest absolute Gasteiger partial charge is 0.496 e. The Morgan fingerprint density at radius 1 is 0.796 bits per heavy atom. The number of hydrogen-bond acceptors (Lipinski definition) is 8. The number of benzene rings is 5. The van der Waals surface area contributed by atoms with E-state index in [1.54, 1.807) is 31.0 Å². The maximum absolute atomic E-state index is 12.6. The summed E-state index contributed by atoms with van der Waals surface area (Å²) in [5.41, 5.74) is 12.9. The molecule has 0 aromatic heterocycles. The summed E-state index contributed by atoms with van der Waals surface area (Å²) in [5.74, 6) is 1.41. The van der Waals surface area contributed by atoms with Crippen LogP contribution in [0.1, 0.15) is 66.8 Å². The van der Waals surface area contributed by atoms with Crippen LogP contribution in [0.15, 0.2) is 126 Å². The molecule has 10 heteroatoms. The van der Waals surface area contributed by atoms with E-state index < -0.39 is 6.29 Å². The smallest absolute Gasteiger partial charge is 0.224 e. The number of aliphatic hydroxyl groups excluding tert-OH is 1. The molecule has 5 aromatic rings. The van der Waals surface area contributed by atoms with Gasteiger partial charge in [-0.25, -0.2) is 0 Å². The average molecular weight is 746 g/mol. The van der Waals surface area contributed by atoms with Crippen molar-refractivity contribution in [3.8, 4) is 16.9 Å². The lowest BCUT2D eigenvalue weighted by Crippen LogP contribution is -2.31. The highest BCUT2D eigenvalue weighted by Gasteiger charge is 2.32. The van der Waals surface area contributed by atoms with E-state index in [4.69, 9.17) is 19.9 Å². The van der Waals surface area contributed by atoms with Gasteiger partial charge in [0.25, 0.3) is 0 Å². The summed E-state index contributed by atoms with van der Waals surface area (Å²) in [6.45, 7) is 0.409. The van der Waals surface area contributed by atoms with Gasteiger partial charge in [-0.3, -0.25) is 9.59 Å². The van der Waals surface area contributed by atoms with Crippen molar-refractivity contribution in [2.24, 2.45) is 0 Å². The quantitative estimate of drug-likeness (QED) is 0.0449. The molecule has 5 aromatic carbocycles. The third kappa shape index (κ3) is 10.7. The Kier molecular flexibility index (Phi) is 13.8. The van der Waals surface area contributed by atoms with Crippen LogP contribution in [-0.4, -0.2) is 35.9 Å². The second kappa shape index (κ2) is 19.3. The van der Waals surface area contributed by atoms with Crippen molar-refractivity contribution in [2.75, 3.05) is 23.9 Å². The molecule has 0 spiro atoms. The van der Waals surface area contributed by atoms with Crippen LogP contribution in [0.3, 0.4) is 0 Å². The Hall–Kier alpha value is -5.13. The fourth-order valence-corrected chi connectivity index (χ4v) is 7.37. The van der Waals surface area contributed by atoms with Crippen LogP contribution in [0.25, 0.3) is 11.1 Å². The van der Waals surface area contributed by atoms with Crippen LogP contribution < -0.4 is 21.1 Å². The fraction of sp³-hybridized carbons (Fsp3) is 0.273. The minimum atomic E-state index is -0.558. The summed E-state index contributed by atoms with van der Waals surface area (Å²) in [6, 6.07) is 39.4. The van der Waals surface area contributed by atoms with E-state index in [9.17, 15) is 14.7 Å².